The maximum absolute atomic E-state index is 13.5. The van der Waals surface area contributed by atoms with Gasteiger partial charge in [0, 0.05) is 9.75 Å². The molecule has 5 nitrogen and oxygen atoms in total. The Hall–Kier alpha value is -3.07. The first-order valence-corrected chi connectivity index (χ1v) is 12.9. The molecular formula is C25H20N2O3S3. The van der Waals surface area contributed by atoms with E-state index in [1.165, 1.54) is 22.7 Å². The fourth-order valence-corrected chi connectivity index (χ4v) is 6.54. The summed E-state index contributed by atoms with van der Waals surface area (Å²) in [7, 11) is 0. The van der Waals surface area contributed by atoms with Crippen LogP contribution in [0.5, 0.6) is 0 Å². The number of rotatable bonds is 5. The molecule has 1 aliphatic heterocycles. The predicted octanol–water partition coefficient (Wildman–Crippen LogP) is 4.41. The van der Waals surface area contributed by atoms with Crippen molar-refractivity contribution < 1.29 is 9.53 Å². The number of esters is 1. The molecule has 3 aromatic heterocycles. The number of fused-ring (bicyclic) bond motifs is 1. The zero-order valence-electron chi connectivity index (χ0n) is 18.0. The van der Waals surface area contributed by atoms with Crippen LogP contribution in [0.1, 0.15) is 33.8 Å². The van der Waals surface area contributed by atoms with E-state index in [9.17, 15) is 9.59 Å². The molecule has 0 unspecified atom stereocenters. The minimum Gasteiger partial charge on any atom is -0.457 e. The lowest BCUT2D eigenvalue weighted by atomic mass is 10.0. The van der Waals surface area contributed by atoms with Crippen LogP contribution in [0.25, 0.3) is 6.08 Å². The van der Waals surface area contributed by atoms with Crippen molar-refractivity contribution in [2.75, 3.05) is 0 Å². The molecule has 0 saturated heterocycles. The van der Waals surface area contributed by atoms with E-state index in [1.807, 2.05) is 72.3 Å². The largest absolute Gasteiger partial charge is 0.457 e. The van der Waals surface area contributed by atoms with Gasteiger partial charge in [-0.3, -0.25) is 9.36 Å². The van der Waals surface area contributed by atoms with Crippen LogP contribution in [0.3, 0.4) is 0 Å². The minimum atomic E-state index is -0.559. The van der Waals surface area contributed by atoms with Gasteiger partial charge in [-0.15, -0.1) is 22.7 Å². The molecule has 1 atom stereocenters. The third-order valence-corrected chi connectivity index (χ3v) is 8.30. The number of aryl methyl sites for hydroxylation is 1. The molecule has 4 heterocycles. The van der Waals surface area contributed by atoms with Crippen molar-refractivity contribution in [1.82, 2.24) is 4.57 Å². The number of thiophene rings is 2. The molecule has 8 heteroatoms. The van der Waals surface area contributed by atoms with Gasteiger partial charge in [-0.1, -0.05) is 47.7 Å². The maximum atomic E-state index is 13.5. The van der Waals surface area contributed by atoms with Gasteiger partial charge in [-0.2, -0.15) is 0 Å². The second kappa shape index (κ2) is 9.05. The summed E-state index contributed by atoms with van der Waals surface area (Å²) in [5.41, 5.74) is 2.86. The molecule has 0 amide bonds. The fourth-order valence-electron chi connectivity index (χ4n) is 3.75. The van der Waals surface area contributed by atoms with E-state index < -0.39 is 12.0 Å². The van der Waals surface area contributed by atoms with Crippen LogP contribution in [0.4, 0.5) is 0 Å². The summed E-state index contributed by atoms with van der Waals surface area (Å²) in [6.45, 7) is 3.99. The predicted molar refractivity (Wildman–Crippen MR) is 133 cm³/mol. The first-order chi connectivity index (χ1) is 16.0. The highest BCUT2D eigenvalue weighted by atomic mass is 32.1. The molecule has 0 fully saturated rings. The Morgan fingerprint density at radius 3 is 2.61 bits per heavy atom. The van der Waals surface area contributed by atoms with Gasteiger partial charge in [0.1, 0.15) is 12.6 Å². The van der Waals surface area contributed by atoms with Gasteiger partial charge in [0.2, 0.25) is 0 Å². The van der Waals surface area contributed by atoms with Crippen molar-refractivity contribution >= 4 is 46.1 Å². The van der Waals surface area contributed by atoms with Crippen molar-refractivity contribution in [3.05, 3.63) is 111 Å². The van der Waals surface area contributed by atoms with Crippen molar-refractivity contribution in [2.45, 2.75) is 26.5 Å². The number of hydrogen-bond acceptors (Lipinski definition) is 7. The fraction of sp³-hybridized carbons (Fsp3) is 0.160. The number of thiazole rings is 1. The lowest BCUT2D eigenvalue weighted by molar-refractivity contribution is -0.140. The topological polar surface area (TPSA) is 60.7 Å². The summed E-state index contributed by atoms with van der Waals surface area (Å²) in [6.07, 6.45) is 1.92. The quantitative estimate of drug-likeness (QED) is 0.388. The van der Waals surface area contributed by atoms with E-state index in [0.29, 0.717) is 20.6 Å². The first-order valence-electron chi connectivity index (χ1n) is 10.3. The highest BCUT2D eigenvalue weighted by Gasteiger charge is 2.34. The molecule has 1 aromatic carbocycles. The SMILES string of the molecule is CC1=C(C(=O)OCc2ccccc2)[C@H](c2cccs2)n2c(s/c(=C\c3sccc3C)c2=O)=N1. The zero-order valence-corrected chi connectivity index (χ0v) is 20.4. The van der Waals surface area contributed by atoms with Crippen LogP contribution < -0.4 is 14.9 Å². The lowest BCUT2D eigenvalue weighted by Gasteiger charge is -2.23. The molecule has 1 aliphatic rings. The van der Waals surface area contributed by atoms with E-state index in [0.717, 1.165) is 20.9 Å². The van der Waals surface area contributed by atoms with Gasteiger partial charge in [0.25, 0.3) is 5.56 Å². The number of allylic oxidation sites excluding steroid dienone is 1. The van der Waals surface area contributed by atoms with E-state index in [-0.39, 0.29) is 12.2 Å². The molecule has 0 aliphatic carbocycles. The van der Waals surface area contributed by atoms with Crippen molar-refractivity contribution in [3.8, 4) is 0 Å². The standard InChI is InChI=1S/C25H20N2O3S3/c1-15-10-12-32-19(15)13-20-23(28)27-22(18-9-6-11-31-18)21(16(2)26-25(27)33-20)24(29)30-14-17-7-4-3-5-8-17/h3-13,22H,14H2,1-2H3/b20-13-/t22-/m0/s1. The molecule has 4 aromatic rings. The second-order valence-electron chi connectivity index (χ2n) is 7.63. The normalized spacial score (nSPS) is 15.9. The van der Waals surface area contributed by atoms with E-state index >= 15 is 0 Å². The van der Waals surface area contributed by atoms with Crippen LogP contribution in [0, 0.1) is 6.92 Å². The van der Waals surface area contributed by atoms with Gasteiger partial charge in [-0.25, -0.2) is 9.79 Å². The van der Waals surface area contributed by atoms with E-state index in [2.05, 4.69) is 4.99 Å². The molecule has 33 heavy (non-hydrogen) atoms. The van der Waals surface area contributed by atoms with Gasteiger partial charge in [0.05, 0.1) is 15.8 Å². The molecule has 0 spiro atoms. The summed E-state index contributed by atoms with van der Waals surface area (Å²) in [6, 6.07) is 14.9. The molecule has 0 N–H and O–H groups in total. The number of aromatic nitrogens is 1. The Balaban J connectivity index is 1.59. The van der Waals surface area contributed by atoms with Gasteiger partial charge < -0.3 is 4.74 Å². The number of ether oxygens (including phenoxy) is 1. The number of hydrogen-bond donors (Lipinski definition) is 0. The Labute approximate surface area is 202 Å². The van der Waals surface area contributed by atoms with Crippen LogP contribution >= 0.6 is 34.0 Å². The Morgan fingerprint density at radius 1 is 1.09 bits per heavy atom. The average molecular weight is 493 g/mol. The summed E-state index contributed by atoms with van der Waals surface area (Å²) in [5.74, 6) is -0.457. The summed E-state index contributed by atoms with van der Waals surface area (Å²) in [4.78, 5) is 34.0. The van der Waals surface area contributed by atoms with Crippen LogP contribution in [0.2, 0.25) is 0 Å². The van der Waals surface area contributed by atoms with E-state index in [4.69, 9.17) is 4.74 Å². The van der Waals surface area contributed by atoms with Gasteiger partial charge in [0.15, 0.2) is 4.80 Å². The number of carbonyl (C=O) groups excluding carboxylic acids is 1. The highest BCUT2D eigenvalue weighted by molar-refractivity contribution is 7.11. The average Bonchev–Trinajstić information content (AvgIpc) is 3.55. The Bertz CT molecular complexity index is 1520. The molecular weight excluding hydrogens is 472 g/mol. The maximum Gasteiger partial charge on any atom is 0.338 e. The first kappa shape index (κ1) is 21.8. The van der Waals surface area contributed by atoms with Crippen LogP contribution in [-0.2, 0) is 16.1 Å². The summed E-state index contributed by atoms with van der Waals surface area (Å²) >= 11 is 4.46. The van der Waals surface area contributed by atoms with Crippen molar-refractivity contribution in [2.24, 2.45) is 4.99 Å². The Kier molecular flexibility index (Phi) is 5.97. The van der Waals surface area contributed by atoms with Crippen LogP contribution in [-0.4, -0.2) is 10.5 Å². The minimum absolute atomic E-state index is 0.147. The van der Waals surface area contributed by atoms with Crippen molar-refractivity contribution in [3.63, 3.8) is 0 Å². The number of carbonyl (C=O) groups is 1. The van der Waals surface area contributed by atoms with Crippen molar-refractivity contribution in [1.29, 1.82) is 0 Å². The van der Waals surface area contributed by atoms with Gasteiger partial charge >= 0.3 is 5.97 Å². The molecule has 5 rings (SSSR count). The second-order valence-corrected chi connectivity index (χ2v) is 10.6. The monoisotopic (exact) mass is 492 g/mol. The third kappa shape index (κ3) is 4.17. The van der Waals surface area contributed by atoms with Crippen LogP contribution in [0.15, 0.2) is 80.3 Å². The summed E-state index contributed by atoms with van der Waals surface area (Å²) < 4.78 is 7.90. The smallest absolute Gasteiger partial charge is 0.338 e. The Morgan fingerprint density at radius 2 is 1.91 bits per heavy atom. The van der Waals surface area contributed by atoms with Gasteiger partial charge in [-0.05, 0) is 53.9 Å². The molecule has 0 saturated carbocycles. The third-order valence-electron chi connectivity index (χ3n) is 5.43. The van der Waals surface area contributed by atoms with E-state index in [1.54, 1.807) is 22.8 Å². The molecule has 0 radical (unpaired) electrons. The molecule has 166 valence electrons. The summed E-state index contributed by atoms with van der Waals surface area (Å²) in [5, 5.41) is 3.96. The molecule has 0 bridgehead atoms. The number of benzene rings is 1. The lowest BCUT2D eigenvalue weighted by Crippen LogP contribution is -2.39. The zero-order chi connectivity index (χ0) is 22.9. The highest BCUT2D eigenvalue weighted by Crippen LogP contribution is 2.33. The number of nitrogens with zero attached hydrogens (tertiary/aromatic N) is 2.